The Balaban J connectivity index is 0.00000324. The topological polar surface area (TPSA) is 61.0 Å². The Labute approximate surface area is 208 Å². The van der Waals surface area contributed by atoms with Crippen molar-refractivity contribution in [1.82, 2.24) is 14.8 Å². The second kappa shape index (κ2) is 11.0. The Hall–Kier alpha value is -1.86. The van der Waals surface area contributed by atoms with Crippen LogP contribution in [0.3, 0.4) is 0 Å². The van der Waals surface area contributed by atoms with E-state index in [4.69, 9.17) is 28.9 Å². The smallest absolute Gasteiger partial charge is 0.147 e. The molecule has 1 aromatic heterocycles. The monoisotopic (exact) mass is 490 g/mol. The van der Waals surface area contributed by atoms with Gasteiger partial charge in [-0.2, -0.15) is 0 Å². The van der Waals surface area contributed by atoms with Crippen molar-refractivity contribution in [3.63, 3.8) is 0 Å². The number of aromatic nitrogens is 1. The fourth-order valence-corrected chi connectivity index (χ4v) is 5.44. The van der Waals surface area contributed by atoms with Crippen molar-refractivity contribution in [3.05, 3.63) is 57.7 Å². The van der Waals surface area contributed by atoms with Gasteiger partial charge in [-0.15, -0.1) is 0 Å². The molecule has 2 aliphatic rings. The van der Waals surface area contributed by atoms with Gasteiger partial charge in [-0.25, -0.2) is 4.98 Å². The predicted octanol–water partition coefficient (Wildman–Crippen LogP) is 4.53. The van der Waals surface area contributed by atoms with Crippen molar-refractivity contribution in [2.24, 2.45) is 10.7 Å². The molecule has 33 heavy (non-hydrogen) atoms. The average Bonchev–Trinajstić information content (AvgIpc) is 2.81. The van der Waals surface area contributed by atoms with Crippen LogP contribution in [-0.4, -0.2) is 72.0 Å². The van der Waals surface area contributed by atoms with Gasteiger partial charge in [0.25, 0.3) is 0 Å². The first-order valence-corrected chi connectivity index (χ1v) is 12.6. The van der Waals surface area contributed by atoms with Crippen LogP contribution in [0.4, 0.5) is 5.82 Å². The molecule has 0 aliphatic carbocycles. The largest absolute Gasteiger partial charge is 0.383 e. The van der Waals surface area contributed by atoms with Gasteiger partial charge in [-0.3, -0.25) is 14.8 Å². The van der Waals surface area contributed by atoms with Gasteiger partial charge in [-0.05, 0) is 63.5 Å². The number of benzene rings is 1. The zero-order valence-electron chi connectivity index (χ0n) is 19.6. The van der Waals surface area contributed by atoms with Crippen LogP contribution in [-0.2, 0) is 6.54 Å². The van der Waals surface area contributed by atoms with Crippen molar-refractivity contribution in [2.75, 3.05) is 44.2 Å². The number of piperidine rings is 1. The summed E-state index contributed by atoms with van der Waals surface area (Å²) in [5, 5.41) is 1.44. The zero-order valence-corrected chi connectivity index (χ0v) is 21.1. The lowest BCUT2D eigenvalue weighted by Crippen LogP contribution is -2.57. The Morgan fingerprint density at radius 1 is 1.15 bits per heavy atom. The minimum atomic E-state index is 0. The summed E-state index contributed by atoms with van der Waals surface area (Å²) in [6.07, 6.45) is 4.20. The maximum Gasteiger partial charge on any atom is 0.147 e. The summed E-state index contributed by atoms with van der Waals surface area (Å²) < 4.78 is 0. The molecule has 0 amide bonds. The highest BCUT2D eigenvalue weighted by atomic mass is 35.5. The van der Waals surface area contributed by atoms with Gasteiger partial charge in [-0.1, -0.05) is 35.3 Å². The van der Waals surface area contributed by atoms with Gasteiger partial charge in [0.05, 0.1) is 5.02 Å². The number of hydrogen-bond donors (Lipinski definition) is 1. The van der Waals surface area contributed by atoms with E-state index in [-0.39, 0.29) is 1.43 Å². The maximum atomic E-state index is 6.59. The zero-order chi connectivity index (χ0) is 23.4. The third kappa shape index (κ3) is 5.99. The number of pyridine rings is 1. The second-order valence-electron chi connectivity index (χ2n) is 9.06. The van der Waals surface area contributed by atoms with Crippen LogP contribution in [0.15, 0.2) is 41.5 Å². The lowest BCUT2D eigenvalue weighted by atomic mass is 9.99. The second-order valence-corrected chi connectivity index (χ2v) is 9.90. The summed E-state index contributed by atoms with van der Waals surface area (Å²) in [7, 11) is 0. The Morgan fingerprint density at radius 3 is 2.52 bits per heavy atom. The normalized spacial score (nSPS) is 21.5. The van der Waals surface area contributed by atoms with E-state index in [0.717, 1.165) is 55.7 Å². The number of anilines is 1. The van der Waals surface area contributed by atoms with Gasteiger partial charge >= 0.3 is 0 Å². The van der Waals surface area contributed by atoms with E-state index in [1.807, 2.05) is 25.1 Å². The molecule has 0 radical (unpaired) electrons. The summed E-state index contributed by atoms with van der Waals surface area (Å²) in [5.41, 5.74) is 8.12. The summed E-state index contributed by atoms with van der Waals surface area (Å²) in [5.74, 6) is 1.33. The highest BCUT2D eigenvalue weighted by Crippen LogP contribution is 2.29. The molecule has 2 N–H and O–H groups in total. The number of piperazine rings is 1. The van der Waals surface area contributed by atoms with Crippen molar-refractivity contribution >= 4 is 34.9 Å². The van der Waals surface area contributed by atoms with E-state index in [1.165, 1.54) is 18.4 Å². The highest BCUT2D eigenvalue weighted by molar-refractivity contribution is 6.33. The molecule has 3 heterocycles. The number of halogens is 2. The quantitative estimate of drug-likeness (QED) is 0.475. The van der Waals surface area contributed by atoms with Crippen LogP contribution in [0.25, 0.3) is 0 Å². The van der Waals surface area contributed by atoms with Crippen LogP contribution in [0, 0.1) is 0 Å². The van der Waals surface area contributed by atoms with Crippen LogP contribution in [0.2, 0.25) is 10.0 Å². The average molecular weight is 492 g/mol. The van der Waals surface area contributed by atoms with Gasteiger partial charge in [0.15, 0.2) is 0 Å². The molecule has 2 aliphatic heterocycles. The SMILES string of the molecule is CCN=C(N)c1cnc(N2CCN(C3CCN(Cc4ccc(Cl)cc4)CC3)[C@@H](C)C2)c(Cl)c1.[HH]. The molecule has 0 unspecified atom stereocenters. The van der Waals surface area contributed by atoms with Crippen molar-refractivity contribution in [1.29, 1.82) is 0 Å². The van der Waals surface area contributed by atoms with Crippen molar-refractivity contribution < 1.29 is 1.43 Å². The summed E-state index contributed by atoms with van der Waals surface area (Å²) in [6.45, 7) is 11.1. The molecule has 0 bridgehead atoms. The summed E-state index contributed by atoms with van der Waals surface area (Å²) in [4.78, 5) is 16.4. The molecule has 2 fully saturated rings. The minimum Gasteiger partial charge on any atom is -0.383 e. The lowest BCUT2D eigenvalue weighted by Gasteiger charge is -2.47. The molecule has 4 rings (SSSR count). The molecule has 2 saturated heterocycles. The number of amidine groups is 1. The number of rotatable bonds is 6. The fraction of sp³-hybridized carbons (Fsp3) is 0.520. The predicted molar refractivity (Wildman–Crippen MR) is 141 cm³/mol. The fourth-order valence-electron chi connectivity index (χ4n) is 5.03. The first-order valence-electron chi connectivity index (χ1n) is 11.9. The Kier molecular flexibility index (Phi) is 8.12. The van der Waals surface area contributed by atoms with E-state index < -0.39 is 0 Å². The first kappa shape index (κ1) is 24.3. The van der Waals surface area contributed by atoms with Crippen LogP contribution in [0.1, 0.15) is 39.2 Å². The Bertz CT molecular complexity index is 962. The minimum absolute atomic E-state index is 0. The van der Waals surface area contributed by atoms with E-state index in [1.54, 1.807) is 6.20 Å². The lowest BCUT2D eigenvalue weighted by molar-refractivity contribution is 0.0690. The summed E-state index contributed by atoms with van der Waals surface area (Å²) in [6, 6.07) is 11.2. The van der Waals surface area contributed by atoms with Gasteiger partial charge in [0.1, 0.15) is 11.7 Å². The number of aliphatic imine (C=N–C) groups is 1. The van der Waals surface area contributed by atoms with Gasteiger partial charge in [0, 0.05) is 63.0 Å². The molecule has 0 spiro atoms. The Morgan fingerprint density at radius 2 is 1.88 bits per heavy atom. The third-order valence-corrected chi connectivity index (χ3v) is 7.30. The van der Waals surface area contributed by atoms with Gasteiger partial charge < -0.3 is 10.6 Å². The molecule has 2 aromatic rings. The number of likely N-dealkylation sites (tertiary alicyclic amines) is 1. The molecule has 8 heteroatoms. The van der Waals surface area contributed by atoms with Crippen LogP contribution < -0.4 is 10.6 Å². The molecule has 0 saturated carbocycles. The van der Waals surface area contributed by atoms with E-state index in [2.05, 4.69) is 43.7 Å². The molecule has 6 nitrogen and oxygen atoms in total. The van der Waals surface area contributed by atoms with E-state index in [0.29, 0.717) is 29.5 Å². The molecule has 180 valence electrons. The number of hydrogen-bond acceptors (Lipinski definition) is 5. The molecular weight excluding hydrogens is 455 g/mol. The number of nitrogens with two attached hydrogens (primary N) is 1. The van der Waals surface area contributed by atoms with Crippen molar-refractivity contribution in [2.45, 2.75) is 45.3 Å². The molecular formula is C25H36Cl2N6. The van der Waals surface area contributed by atoms with Crippen LogP contribution in [0.5, 0.6) is 0 Å². The van der Waals surface area contributed by atoms with Crippen LogP contribution >= 0.6 is 23.2 Å². The third-order valence-electron chi connectivity index (χ3n) is 6.77. The molecule has 1 aromatic carbocycles. The van der Waals surface area contributed by atoms with E-state index >= 15 is 0 Å². The van der Waals surface area contributed by atoms with E-state index in [9.17, 15) is 0 Å². The maximum absolute atomic E-state index is 6.59. The first-order chi connectivity index (χ1) is 15.9. The highest BCUT2D eigenvalue weighted by Gasteiger charge is 2.32. The van der Waals surface area contributed by atoms with Gasteiger partial charge in [0.2, 0.25) is 0 Å². The molecule has 1 atom stereocenters. The standard InChI is InChI=1S/C25H34Cl2N6.H2/c1-3-29-24(28)20-14-23(27)25(30-15-20)32-12-13-33(18(2)16-32)22-8-10-31(11-9-22)17-19-4-6-21(26)7-5-19;/h4-7,14-15,18,22H,3,8-13,16-17H2,1-2H3,(H2,28,29);1H/t18-;/m0./s1. The van der Waals surface area contributed by atoms with Crippen molar-refractivity contribution in [3.8, 4) is 0 Å². The summed E-state index contributed by atoms with van der Waals surface area (Å²) >= 11 is 12.6. The number of nitrogens with zero attached hydrogens (tertiary/aromatic N) is 5.